The maximum atomic E-state index is 13.3. The smallest absolute Gasteiger partial charge is 0.265 e. The van der Waals surface area contributed by atoms with E-state index in [-0.39, 0.29) is 22.9 Å². The molecule has 8 heteroatoms. The van der Waals surface area contributed by atoms with E-state index in [4.69, 9.17) is 4.74 Å². The average Bonchev–Trinajstić information content (AvgIpc) is 2.66. The number of amides is 1. The quantitative estimate of drug-likeness (QED) is 0.817. The first kappa shape index (κ1) is 17.8. The van der Waals surface area contributed by atoms with Crippen LogP contribution in [-0.2, 0) is 14.8 Å². The van der Waals surface area contributed by atoms with E-state index in [9.17, 15) is 18.5 Å². The Bertz CT molecular complexity index is 995. The Morgan fingerprint density at radius 1 is 1.19 bits per heavy atom. The van der Waals surface area contributed by atoms with E-state index >= 15 is 0 Å². The number of ether oxygens (including phenoxy) is 1. The molecule has 0 spiro atoms. The van der Waals surface area contributed by atoms with Crippen LogP contribution in [0.5, 0.6) is 5.75 Å². The lowest BCUT2D eigenvalue weighted by atomic mass is 10.2. The summed E-state index contributed by atoms with van der Waals surface area (Å²) in [5.41, 5.74) is 0.384. The standard InChI is InChI=1S/C18H17N3O4S/c1-20(2)18(22)16-12-21(14-8-4-5-9-15(14)25-16)26(23,24)17-10-6-3-7-13(17)11-19/h3-10,16H,12H2,1-2H3/t16-/m1/s1. The molecule has 0 fully saturated rings. The first-order valence-corrected chi connectivity index (χ1v) is 9.29. The Morgan fingerprint density at radius 3 is 2.54 bits per heavy atom. The normalized spacial score (nSPS) is 16.2. The second-order valence-electron chi connectivity index (χ2n) is 5.95. The van der Waals surface area contributed by atoms with Gasteiger partial charge in [0.05, 0.1) is 17.8 Å². The lowest BCUT2D eigenvalue weighted by molar-refractivity contribution is -0.135. The molecule has 1 amide bonds. The van der Waals surface area contributed by atoms with E-state index in [1.165, 1.54) is 17.0 Å². The van der Waals surface area contributed by atoms with Crippen LogP contribution in [0.1, 0.15) is 5.56 Å². The number of likely N-dealkylation sites (N-methyl/N-ethyl adjacent to an activating group) is 1. The van der Waals surface area contributed by atoms with Crippen molar-refractivity contribution >= 4 is 21.6 Å². The van der Waals surface area contributed by atoms with Crippen LogP contribution in [0.15, 0.2) is 53.4 Å². The number of hydrogen-bond acceptors (Lipinski definition) is 5. The van der Waals surface area contributed by atoms with E-state index in [0.717, 1.165) is 4.31 Å². The lowest BCUT2D eigenvalue weighted by Crippen LogP contribution is -2.50. The van der Waals surface area contributed by atoms with Crippen LogP contribution in [0.2, 0.25) is 0 Å². The van der Waals surface area contributed by atoms with Gasteiger partial charge in [-0.25, -0.2) is 8.42 Å². The zero-order valence-corrected chi connectivity index (χ0v) is 15.1. The van der Waals surface area contributed by atoms with E-state index in [1.807, 2.05) is 6.07 Å². The zero-order valence-electron chi connectivity index (χ0n) is 14.3. The van der Waals surface area contributed by atoms with Gasteiger partial charge in [0, 0.05) is 14.1 Å². The second-order valence-corrected chi connectivity index (χ2v) is 7.78. The predicted octanol–water partition coefficient (Wildman–Crippen LogP) is 1.60. The number of hydrogen-bond donors (Lipinski definition) is 0. The molecule has 0 unspecified atom stereocenters. The van der Waals surface area contributed by atoms with Gasteiger partial charge < -0.3 is 9.64 Å². The van der Waals surface area contributed by atoms with Crippen molar-refractivity contribution in [3.8, 4) is 11.8 Å². The van der Waals surface area contributed by atoms with Crippen LogP contribution < -0.4 is 9.04 Å². The van der Waals surface area contributed by atoms with Crippen molar-refractivity contribution in [3.63, 3.8) is 0 Å². The third-order valence-corrected chi connectivity index (χ3v) is 5.86. The Labute approximate surface area is 152 Å². The van der Waals surface area contributed by atoms with Gasteiger partial charge in [-0.15, -0.1) is 0 Å². The van der Waals surface area contributed by atoms with E-state index in [1.54, 1.807) is 50.5 Å². The van der Waals surface area contributed by atoms with Crippen molar-refractivity contribution in [1.29, 1.82) is 5.26 Å². The van der Waals surface area contributed by atoms with Crippen molar-refractivity contribution in [2.24, 2.45) is 0 Å². The first-order valence-electron chi connectivity index (χ1n) is 7.85. The zero-order chi connectivity index (χ0) is 18.9. The number of sulfonamides is 1. The second kappa shape index (κ2) is 6.69. The van der Waals surface area contributed by atoms with Gasteiger partial charge >= 0.3 is 0 Å². The number of anilines is 1. The minimum absolute atomic E-state index is 0.0481. The number of nitrogens with zero attached hydrogens (tertiary/aromatic N) is 3. The monoisotopic (exact) mass is 371 g/mol. The van der Waals surface area contributed by atoms with Crippen LogP contribution in [0.25, 0.3) is 0 Å². The molecule has 3 rings (SSSR count). The SMILES string of the molecule is CN(C)C(=O)[C@H]1CN(S(=O)(=O)c2ccccc2C#N)c2ccccc2O1. The molecule has 1 aliphatic heterocycles. The molecule has 0 aromatic heterocycles. The summed E-state index contributed by atoms with van der Waals surface area (Å²) in [4.78, 5) is 13.6. The summed E-state index contributed by atoms with van der Waals surface area (Å²) in [6.07, 6.45) is -0.969. The molecule has 0 N–H and O–H groups in total. The molecule has 1 heterocycles. The summed E-state index contributed by atoms with van der Waals surface area (Å²) in [5, 5.41) is 9.27. The fourth-order valence-corrected chi connectivity index (χ4v) is 4.37. The number of rotatable bonds is 3. The number of fused-ring (bicyclic) bond motifs is 1. The molecule has 1 aliphatic rings. The highest BCUT2D eigenvalue weighted by atomic mass is 32.2. The molecular formula is C18H17N3O4S. The fourth-order valence-electron chi connectivity index (χ4n) is 2.75. The molecular weight excluding hydrogens is 354 g/mol. The number of para-hydroxylation sites is 2. The topological polar surface area (TPSA) is 90.7 Å². The van der Waals surface area contributed by atoms with Crippen molar-refractivity contribution in [3.05, 3.63) is 54.1 Å². The van der Waals surface area contributed by atoms with Crippen LogP contribution >= 0.6 is 0 Å². The van der Waals surface area contributed by atoms with Gasteiger partial charge in [-0.2, -0.15) is 5.26 Å². The number of nitriles is 1. The van der Waals surface area contributed by atoms with Gasteiger partial charge in [0.25, 0.3) is 15.9 Å². The predicted molar refractivity (Wildman–Crippen MR) is 95.2 cm³/mol. The molecule has 7 nitrogen and oxygen atoms in total. The van der Waals surface area contributed by atoms with Crippen molar-refractivity contribution in [2.45, 2.75) is 11.0 Å². The Hall–Kier alpha value is -3.05. The summed E-state index contributed by atoms with van der Waals surface area (Å²) in [5.74, 6) is -0.0368. The Balaban J connectivity index is 2.13. The molecule has 1 atom stereocenters. The molecule has 0 aliphatic carbocycles. The average molecular weight is 371 g/mol. The molecule has 26 heavy (non-hydrogen) atoms. The van der Waals surface area contributed by atoms with Crippen LogP contribution in [0, 0.1) is 11.3 Å². The summed E-state index contributed by atoms with van der Waals surface area (Å²) >= 11 is 0. The minimum Gasteiger partial charge on any atom is -0.476 e. The highest BCUT2D eigenvalue weighted by Gasteiger charge is 2.38. The number of carbonyl (C=O) groups is 1. The maximum absolute atomic E-state index is 13.3. The Kier molecular flexibility index (Phi) is 4.57. The van der Waals surface area contributed by atoms with Crippen LogP contribution in [0.3, 0.4) is 0 Å². The highest BCUT2D eigenvalue weighted by Crippen LogP contribution is 2.37. The van der Waals surface area contributed by atoms with Crippen molar-refractivity contribution in [1.82, 2.24) is 4.90 Å². The summed E-state index contributed by atoms with van der Waals surface area (Å²) in [7, 11) is -0.891. The highest BCUT2D eigenvalue weighted by molar-refractivity contribution is 7.93. The molecule has 2 aromatic rings. The van der Waals surface area contributed by atoms with E-state index < -0.39 is 16.1 Å². The Morgan fingerprint density at radius 2 is 1.85 bits per heavy atom. The van der Waals surface area contributed by atoms with Crippen molar-refractivity contribution in [2.75, 3.05) is 24.9 Å². The number of carbonyl (C=O) groups excluding carboxylic acids is 1. The molecule has 0 saturated carbocycles. The largest absolute Gasteiger partial charge is 0.476 e. The first-order chi connectivity index (χ1) is 12.4. The van der Waals surface area contributed by atoms with Gasteiger partial charge in [0.2, 0.25) is 0 Å². The van der Waals surface area contributed by atoms with Crippen molar-refractivity contribution < 1.29 is 17.9 Å². The fraction of sp³-hybridized carbons (Fsp3) is 0.222. The molecule has 2 aromatic carbocycles. The van der Waals surface area contributed by atoms with Gasteiger partial charge in [0.15, 0.2) is 6.10 Å². The maximum Gasteiger partial charge on any atom is 0.265 e. The summed E-state index contributed by atoms with van der Waals surface area (Å²) < 4.78 is 33.4. The van der Waals surface area contributed by atoms with Gasteiger partial charge in [-0.3, -0.25) is 9.10 Å². The molecule has 0 saturated heterocycles. The van der Waals surface area contributed by atoms with Crippen LogP contribution in [0.4, 0.5) is 5.69 Å². The molecule has 0 bridgehead atoms. The van der Waals surface area contributed by atoms with Crippen LogP contribution in [-0.4, -0.2) is 46.0 Å². The summed E-state index contributed by atoms with van der Waals surface area (Å²) in [6, 6.07) is 14.5. The third kappa shape index (κ3) is 2.97. The number of benzene rings is 2. The molecule has 134 valence electrons. The van der Waals surface area contributed by atoms with Gasteiger partial charge in [-0.05, 0) is 24.3 Å². The van der Waals surface area contributed by atoms with Gasteiger partial charge in [0.1, 0.15) is 16.7 Å². The van der Waals surface area contributed by atoms with Gasteiger partial charge in [-0.1, -0.05) is 24.3 Å². The lowest BCUT2D eigenvalue weighted by Gasteiger charge is -2.35. The molecule has 0 radical (unpaired) electrons. The van der Waals surface area contributed by atoms with E-state index in [2.05, 4.69) is 0 Å². The minimum atomic E-state index is -4.05. The van der Waals surface area contributed by atoms with E-state index in [0.29, 0.717) is 11.4 Å². The summed E-state index contributed by atoms with van der Waals surface area (Å²) in [6.45, 7) is -0.171. The third-order valence-electron chi connectivity index (χ3n) is 4.03.